The van der Waals surface area contributed by atoms with E-state index < -0.39 is 24.1 Å². The summed E-state index contributed by atoms with van der Waals surface area (Å²) in [5, 5.41) is 31.9. The lowest BCUT2D eigenvalue weighted by Gasteiger charge is -2.37. The molecule has 0 radical (unpaired) electrons. The monoisotopic (exact) mass is 430 g/mol. The van der Waals surface area contributed by atoms with Crippen molar-refractivity contribution >= 4 is 12.0 Å². The van der Waals surface area contributed by atoms with Gasteiger partial charge >= 0.3 is 5.97 Å². The van der Waals surface area contributed by atoms with Gasteiger partial charge in [0.1, 0.15) is 29.0 Å². The van der Waals surface area contributed by atoms with E-state index in [2.05, 4.69) is 22.8 Å². The van der Waals surface area contributed by atoms with Crippen molar-refractivity contribution < 1.29 is 19.4 Å². The quantitative estimate of drug-likeness (QED) is 0.549. The number of furan rings is 1. The molecule has 2 aromatic rings. The van der Waals surface area contributed by atoms with Crippen LogP contribution in [-0.4, -0.2) is 34.4 Å². The summed E-state index contributed by atoms with van der Waals surface area (Å²) in [6.07, 6.45) is 1.31. The number of nitrogens with one attached hydrogen (secondary N) is 1. The molecule has 1 saturated heterocycles. The van der Waals surface area contributed by atoms with Crippen molar-refractivity contribution in [3.05, 3.63) is 70.8 Å². The average Bonchev–Trinajstić information content (AvgIpc) is 3.31. The van der Waals surface area contributed by atoms with E-state index in [1.54, 1.807) is 18.2 Å². The van der Waals surface area contributed by atoms with Crippen LogP contribution in [0.4, 0.5) is 0 Å². The van der Waals surface area contributed by atoms with Crippen molar-refractivity contribution in [2.24, 2.45) is 23.5 Å². The van der Waals surface area contributed by atoms with E-state index in [1.807, 2.05) is 13.0 Å². The first kappa shape index (κ1) is 21.4. The summed E-state index contributed by atoms with van der Waals surface area (Å²) in [6, 6.07) is 9.34. The van der Waals surface area contributed by atoms with Gasteiger partial charge in [-0.25, -0.2) is 11.4 Å². The molecule has 1 aliphatic heterocycles. The van der Waals surface area contributed by atoms with Crippen molar-refractivity contribution in [3.63, 3.8) is 0 Å². The molecule has 0 amide bonds. The first-order chi connectivity index (χ1) is 15.3. The van der Waals surface area contributed by atoms with Gasteiger partial charge in [-0.2, -0.15) is 5.26 Å². The van der Waals surface area contributed by atoms with Crippen molar-refractivity contribution in [2.75, 3.05) is 0 Å². The third-order valence-corrected chi connectivity index (χ3v) is 6.43. The number of carboxylic acids is 1. The van der Waals surface area contributed by atoms with Crippen molar-refractivity contribution in [1.29, 1.82) is 5.26 Å². The number of nitrogens with two attached hydrogens (primary N) is 1. The molecular weight excluding hydrogens is 408 g/mol. The Balaban J connectivity index is 1.71. The molecule has 0 spiro atoms. The number of fused-ring (bicyclic) bond motifs is 1. The van der Waals surface area contributed by atoms with E-state index in [1.165, 1.54) is 12.1 Å². The molecule has 6 atom stereocenters. The van der Waals surface area contributed by atoms with E-state index in [9.17, 15) is 20.3 Å². The molecule has 2 fully saturated rings. The molecule has 1 aliphatic carbocycles. The first-order valence-corrected chi connectivity index (χ1v) is 10.1. The lowest BCUT2D eigenvalue weighted by Crippen LogP contribution is -2.61. The number of hydrogen-bond donors (Lipinski definition) is 4. The van der Waals surface area contributed by atoms with Crippen LogP contribution in [0.25, 0.3) is 22.2 Å². The van der Waals surface area contributed by atoms with Crippen molar-refractivity contribution in [2.45, 2.75) is 25.2 Å². The lowest BCUT2D eigenvalue weighted by atomic mass is 9.76. The molecule has 1 aromatic carbocycles. The summed E-state index contributed by atoms with van der Waals surface area (Å²) in [5.74, 6) is -1.27. The average molecular weight is 430 g/mol. The predicted molar refractivity (Wildman–Crippen MR) is 117 cm³/mol. The summed E-state index contributed by atoms with van der Waals surface area (Å²) in [4.78, 5) is 15.0. The van der Waals surface area contributed by atoms with Gasteiger partial charge in [0.25, 0.3) is 6.04 Å². The number of aromatic hydroxyl groups is 1. The second-order valence-electron chi connectivity index (χ2n) is 8.19. The van der Waals surface area contributed by atoms with Crippen LogP contribution in [0.3, 0.4) is 0 Å². The highest BCUT2D eigenvalue weighted by atomic mass is 16.4. The van der Waals surface area contributed by atoms with E-state index >= 15 is 0 Å². The molecule has 1 saturated carbocycles. The number of benzene rings is 1. The SMILES string of the molecule is [C-]#[N+]C1C(N)NC2C(C#N)C(=C)C(=Cc3ccc(-c4ccc(O)c(C(=O)O)c4)o3)C2C1C. The maximum Gasteiger partial charge on any atom is 0.339 e. The van der Waals surface area contributed by atoms with Gasteiger partial charge in [-0.05, 0) is 47.6 Å². The summed E-state index contributed by atoms with van der Waals surface area (Å²) in [5.41, 5.74) is 7.96. The second-order valence-corrected chi connectivity index (χ2v) is 8.19. The van der Waals surface area contributed by atoms with Crippen LogP contribution in [0.1, 0.15) is 23.0 Å². The fourth-order valence-corrected chi connectivity index (χ4v) is 4.83. The van der Waals surface area contributed by atoms with E-state index in [0.717, 1.165) is 5.57 Å². The minimum absolute atomic E-state index is 0.0836. The molecule has 8 nitrogen and oxygen atoms in total. The topological polar surface area (TPSA) is 137 Å². The Labute approximate surface area is 185 Å². The fourth-order valence-electron chi connectivity index (χ4n) is 4.83. The Kier molecular flexibility index (Phi) is 5.35. The van der Waals surface area contributed by atoms with Gasteiger partial charge in [0.05, 0.1) is 12.0 Å². The third kappa shape index (κ3) is 3.36. The van der Waals surface area contributed by atoms with Crippen LogP contribution in [0.5, 0.6) is 5.75 Å². The van der Waals surface area contributed by atoms with E-state index in [4.69, 9.17) is 16.7 Å². The molecule has 32 heavy (non-hydrogen) atoms. The number of rotatable bonds is 3. The Morgan fingerprint density at radius 1 is 1.41 bits per heavy atom. The largest absolute Gasteiger partial charge is 0.507 e. The predicted octanol–water partition coefficient (Wildman–Crippen LogP) is 3.24. The summed E-state index contributed by atoms with van der Waals surface area (Å²) < 4.78 is 5.93. The first-order valence-electron chi connectivity index (χ1n) is 10.1. The number of phenols is 1. The number of nitrogens with zero attached hydrogens (tertiary/aromatic N) is 2. The number of carbonyl (C=O) groups is 1. The molecule has 2 heterocycles. The Morgan fingerprint density at radius 2 is 2.16 bits per heavy atom. The van der Waals surface area contributed by atoms with Crippen LogP contribution in [0.15, 0.2) is 52.5 Å². The number of aromatic carboxylic acids is 1. The molecule has 0 bridgehead atoms. The number of carboxylic acid groups (broad SMARTS) is 1. The Bertz CT molecular complexity index is 1220. The number of nitriles is 1. The Hall–Kier alpha value is -3.85. The molecule has 2 aliphatic rings. The minimum atomic E-state index is -1.24. The summed E-state index contributed by atoms with van der Waals surface area (Å²) in [7, 11) is 0. The molecule has 6 unspecified atom stereocenters. The van der Waals surface area contributed by atoms with Crippen LogP contribution in [0, 0.1) is 35.7 Å². The second kappa shape index (κ2) is 8.01. The Morgan fingerprint density at radius 3 is 2.81 bits per heavy atom. The van der Waals surface area contributed by atoms with Gasteiger partial charge in [0.2, 0.25) is 0 Å². The van der Waals surface area contributed by atoms with Crippen LogP contribution >= 0.6 is 0 Å². The molecule has 4 rings (SSSR count). The zero-order valence-electron chi connectivity index (χ0n) is 17.3. The van der Waals surface area contributed by atoms with Crippen LogP contribution < -0.4 is 11.1 Å². The van der Waals surface area contributed by atoms with Crippen LogP contribution in [-0.2, 0) is 0 Å². The number of hydrogen-bond acceptors (Lipinski definition) is 6. The smallest absolute Gasteiger partial charge is 0.339 e. The maximum atomic E-state index is 11.3. The lowest BCUT2D eigenvalue weighted by molar-refractivity contribution is 0.0694. The van der Waals surface area contributed by atoms with Gasteiger partial charge in [0, 0.05) is 23.4 Å². The summed E-state index contributed by atoms with van der Waals surface area (Å²) in [6.45, 7) is 13.6. The maximum absolute atomic E-state index is 11.3. The normalized spacial score (nSPS) is 30.5. The van der Waals surface area contributed by atoms with Crippen molar-refractivity contribution in [1.82, 2.24) is 5.32 Å². The molecule has 1 aromatic heterocycles. The molecule has 8 heteroatoms. The van der Waals surface area contributed by atoms with Gasteiger partial charge in [0.15, 0.2) is 0 Å². The van der Waals surface area contributed by atoms with Gasteiger partial charge in [-0.1, -0.05) is 13.5 Å². The highest BCUT2D eigenvalue weighted by Gasteiger charge is 2.54. The molecule has 5 N–H and O–H groups in total. The molecule has 162 valence electrons. The highest BCUT2D eigenvalue weighted by Crippen LogP contribution is 2.48. The minimum Gasteiger partial charge on any atom is -0.507 e. The zero-order chi connectivity index (χ0) is 23.2. The van der Waals surface area contributed by atoms with E-state index in [0.29, 0.717) is 22.7 Å². The summed E-state index contributed by atoms with van der Waals surface area (Å²) >= 11 is 0. The number of piperidine rings is 1. The van der Waals surface area contributed by atoms with Crippen molar-refractivity contribution in [3.8, 4) is 23.1 Å². The highest BCUT2D eigenvalue weighted by molar-refractivity contribution is 5.92. The van der Waals surface area contributed by atoms with E-state index in [-0.39, 0.29) is 29.2 Å². The van der Waals surface area contributed by atoms with Gasteiger partial charge < -0.3 is 25.2 Å². The van der Waals surface area contributed by atoms with Gasteiger partial charge in [-0.15, -0.1) is 0 Å². The third-order valence-electron chi connectivity index (χ3n) is 6.43. The molecular formula is C24H22N4O4. The standard InChI is InChI=1S/C24H22N4O4/c1-11-15(20-12(2)21(27-3)23(26)28-22(20)17(11)10-25)9-14-5-7-19(32-14)13-4-6-18(29)16(8-13)24(30)31/h4-9,12,17,20-23,28-29H,1,26H2,2H3,(H,30,31). The van der Waals surface area contributed by atoms with Gasteiger partial charge in [-0.3, -0.25) is 5.32 Å². The zero-order valence-corrected chi connectivity index (χ0v) is 17.3. The fraction of sp³-hybridized carbons (Fsp3) is 0.292. The van der Waals surface area contributed by atoms with Crippen LogP contribution in [0.2, 0.25) is 0 Å².